The molecule has 0 aromatic rings. The Labute approximate surface area is 366 Å². The summed E-state index contributed by atoms with van der Waals surface area (Å²) in [4.78, 5) is 25.3. The van der Waals surface area contributed by atoms with Gasteiger partial charge in [-0.25, -0.2) is 0 Å². The lowest BCUT2D eigenvalue weighted by Gasteiger charge is -2.29. The second kappa shape index (κ2) is 42.0. The Hall–Kier alpha value is -1.28. The van der Waals surface area contributed by atoms with Crippen molar-refractivity contribution in [3.05, 3.63) is 36.5 Å². The van der Waals surface area contributed by atoms with Crippen molar-refractivity contribution in [2.45, 2.75) is 238 Å². The van der Waals surface area contributed by atoms with E-state index in [2.05, 4.69) is 43.5 Å². The van der Waals surface area contributed by atoms with Crippen molar-refractivity contribution in [1.82, 2.24) is 5.32 Å². The highest BCUT2D eigenvalue weighted by Gasteiger charge is 2.23. The van der Waals surface area contributed by atoms with Crippen LogP contribution in [0.15, 0.2) is 36.5 Å². The van der Waals surface area contributed by atoms with Gasteiger partial charge in [0.25, 0.3) is 7.82 Å². The van der Waals surface area contributed by atoms with Crippen LogP contribution in [0.1, 0.15) is 226 Å². The van der Waals surface area contributed by atoms with Gasteiger partial charge in [0.05, 0.1) is 39.9 Å². The van der Waals surface area contributed by atoms with Gasteiger partial charge in [0.1, 0.15) is 13.2 Å². The number of likely N-dealkylation sites (N-methyl/N-ethyl adjacent to an activating group) is 1. The van der Waals surface area contributed by atoms with Gasteiger partial charge in [-0.2, -0.15) is 0 Å². The molecule has 0 saturated heterocycles. The number of rotatable bonds is 45. The van der Waals surface area contributed by atoms with E-state index in [1.807, 2.05) is 27.2 Å². The quantitative estimate of drug-likeness (QED) is 0.0273. The first kappa shape index (κ1) is 57.7. The van der Waals surface area contributed by atoms with Crippen LogP contribution in [0, 0.1) is 0 Å². The molecule has 0 radical (unpaired) electrons. The normalized spacial score (nSPS) is 14.5. The number of aliphatic hydroxyl groups excluding tert-OH is 1. The van der Waals surface area contributed by atoms with Crippen LogP contribution in [-0.2, 0) is 18.4 Å². The number of unbranched alkanes of at least 4 members (excludes halogenated alkanes) is 28. The molecule has 2 N–H and O–H groups in total. The number of amides is 1. The Kier molecular flexibility index (Phi) is 41.1. The first-order valence-corrected chi connectivity index (χ1v) is 26.3. The van der Waals surface area contributed by atoms with Crippen molar-refractivity contribution in [3.8, 4) is 0 Å². The maximum atomic E-state index is 12.9. The molecule has 9 heteroatoms. The molecule has 59 heavy (non-hydrogen) atoms. The zero-order valence-corrected chi connectivity index (χ0v) is 40.4. The molecule has 1 amide bonds. The fourth-order valence-corrected chi connectivity index (χ4v) is 7.85. The third-order valence-electron chi connectivity index (χ3n) is 11.1. The molecule has 0 bridgehead atoms. The summed E-state index contributed by atoms with van der Waals surface area (Å²) in [6.07, 6.45) is 52.0. The number of nitrogens with one attached hydrogen (secondary N) is 1. The second-order valence-electron chi connectivity index (χ2n) is 18.2. The van der Waals surface area contributed by atoms with Crippen LogP contribution in [0.2, 0.25) is 0 Å². The van der Waals surface area contributed by atoms with E-state index < -0.39 is 26.6 Å². The minimum absolute atomic E-state index is 0.00774. The summed E-state index contributed by atoms with van der Waals surface area (Å²) in [5, 5.41) is 13.8. The van der Waals surface area contributed by atoms with E-state index in [1.165, 1.54) is 161 Å². The molecule has 0 spiro atoms. The molecule has 0 heterocycles. The molecule has 348 valence electrons. The molecule has 0 aromatic heterocycles. The molecule has 0 aliphatic carbocycles. The molecule has 0 aromatic carbocycles. The number of allylic oxidation sites excluding steroid dienone is 5. The van der Waals surface area contributed by atoms with E-state index in [0.717, 1.165) is 44.9 Å². The molecule has 0 saturated carbocycles. The highest BCUT2D eigenvalue weighted by Crippen LogP contribution is 2.38. The van der Waals surface area contributed by atoms with Crippen LogP contribution < -0.4 is 10.2 Å². The van der Waals surface area contributed by atoms with Gasteiger partial charge in [-0.1, -0.05) is 211 Å². The average molecular weight is 853 g/mol. The zero-order valence-electron chi connectivity index (χ0n) is 39.5. The number of nitrogens with zero attached hydrogens (tertiary/aromatic N) is 1. The molecular weight excluding hydrogens is 756 g/mol. The predicted molar refractivity (Wildman–Crippen MR) is 251 cm³/mol. The molecule has 0 fully saturated rings. The highest BCUT2D eigenvalue weighted by atomic mass is 31.2. The average Bonchev–Trinajstić information content (AvgIpc) is 3.19. The summed E-state index contributed by atoms with van der Waals surface area (Å²) in [5.74, 6) is -0.210. The Morgan fingerprint density at radius 2 is 0.949 bits per heavy atom. The van der Waals surface area contributed by atoms with Gasteiger partial charge < -0.3 is 28.8 Å². The van der Waals surface area contributed by atoms with Crippen molar-refractivity contribution in [2.75, 3.05) is 40.9 Å². The van der Waals surface area contributed by atoms with Gasteiger partial charge in [-0.3, -0.25) is 9.36 Å². The maximum absolute atomic E-state index is 12.9. The summed E-state index contributed by atoms with van der Waals surface area (Å²) < 4.78 is 23.2. The summed E-state index contributed by atoms with van der Waals surface area (Å²) >= 11 is 0. The monoisotopic (exact) mass is 853 g/mol. The largest absolute Gasteiger partial charge is 0.756 e. The van der Waals surface area contributed by atoms with E-state index in [4.69, 9.17) is 9.05 Å². The summed E-state index contributed by atoms with van der Waals surface area (Å²) in [6.45, 7) is 4.63. The lowest BCUT2D eigenvalue weighted by Crippen LogP contribution is -2.45. The van der Waals surface area contributed by atoms with Crippen LogP contribution in [0.4, 0.5) is 0 Å². The number of carbonyl (C=O) groups excluding carboxylic acids is 1. The lowest BCUT2D eigenvalue weighted by atomic mass is 10.0. The number of aliphatic hydroxyl groups is 1. The Balaban J connectivity index is 4.38. The Bertz CT molecular complexity index is 1060. The van der Waals surface area contributed by atoms with Gasteiger partial charge in [0.2, 0.25) is 5.91 Å². The molecule has 3 unspecified atom stereocenters. The van der Waals surface area contributed by atoms with E-state index in [9.17, 15) is 19.4 Å². The number of hydrogen-bond donors (Lipinski definition) is 2. The Morgan fingerprint density at radius 1 is 0.576 bits per heavy atom. The highest BCUT2D eigenvalue weighted by molar-refractivity contribution is 7.45. The maximum Gasteiger partial charge on any atom is 0.268 e. The zero-order chi connectivity index (χ0) is 43.6. The third kappa shape index (κ3) is 44.6. The molecule has 3 atom stereocenters. The molecule has 0 rings (SSSR count). The van der Waals surface area contributed by atoms with Crippen molar-refractivity contribution in [3.63, 3.8) is 0 Å². The van der Waals surface area contributed by atoms with Gasteiger partial charge in [0.15, 0.2) is 0 Å². The number of carbonyl (C=O) groups is 1. The summed E-state index contributed by atoms with van der Waals surface area (Å²) in [5.41, 5.74) is 0. The summed E-state index contributed by atoms with van der Waals surface area (Å²) in [6, 6.07) is -0.906. The number of hydrogen-bond acceptors (Lipinski definition) is 6. The van der Waals surface area contributed by atoms with Crippen LogP contribution in [0.25, 0.3) is 0 Å². The van der Waals surface area contributed by atoms with E-state index in [0.29, 0.717) is 17.4 Å². The SMILES string of the molecule is CCCCCCCCCCCCCCC/C=C/CC/C=C/CC/C=C/C(O)C(COP(=O)([O-])OCC[N+](C)(C)C)NC(=O)CCCCCCCCCCCCCCCC. The van der Waals surface area contributed by atoms with Crippen molar-refractivity contribution in [1.29, 1.82) is 0 Å². The topological polar surface area (TPSA) is 108 Å². The molecule has 0 aliphatic rings. The fraction of sp³-hybridized carbons (Fsp3) is 0.860. The fourth-order valence-electron chi connectivity index (χ4n) is 7.13. The number of phosphoric acid groups is 1. The minimum atomic E-state index is -4.60. The summed E-state index contributed by atoms with van der Waals surface area (Å²) in [7, 11) is 1.24. The van der Waals surface area contributed by atoms with E-state index >= 15 is 0 Å². The third-order valence-corrected chi connectivity index (χ3v) is 12.0. The van der Waals surface area contributed by atoms with Crippen LogP contribution in [0.5, 0.6) is 0 Å². The van der Waals surface area contributed by atoms with Crippen LogP contribution in [-0.4, -0.2) is 68.5 Å². The van der Waals surface area contributed by atoms with Gasteiger partial charge in [-0.15, -0.1) is 0 Å². The van der Waals surface area contributed by atoms with Crippen molar-refractivity contribution < 1.29 is 32.9 Å². The molecular formula is C50H97N2O6P. The van der Waals surface area contributed by atoms with Crippen LogP contribution >= 0.6 is 7.82 Å². The van der Waals surface area contributed by atoms with E-state index in [-0.39, 0.29) is 12.5 Å². The molecule has 0 aliphatic heterocycles. The second-order valence-corrected chi connectivity index (χ2v) is 19.6. The van der Waals surface area contributed by atoms with Crippen molar-refractivity contribution in [2.24, 2.45) is 0 Å². The van der Waals surface area contributed by atoms with Gasteiger partial charge in [-0.05, 0) is 44.9 Å². The minimum Gasteiger partial charge on any atom is -0.756 e. The molecule has 8 nitrogen and oxygen atoms in total. The van der Waals surface area contributed by atoms with Crippen molar-refractivity contribution >= 4 is 13.7 Å². The van der Waals surface area contributed by atoms with Crippen LogP contribution in [0.3, 0.4) is 0 Å². The first-order chi connectivity index (χ1) is 28.5. The smallest absolute Gasteiger partial charge is 0.268 e. The number of quaternary nitrogens is 1. The van der Waals surface area contributed by atoms with E-state index in [1.54, 1.807) is 6.08 Å². The lowest BCUT2D eigenvalue weighted by molar-refractivity contribution is -0.870. The Morgan fingerprint density at radius 3 is 1.37 bits per heavy atom. The predicted octanol–water partition coefficient (Wildman–Crippen LogP) is 13.6. The first-order valence-electron chi connectivity index (χ1n) is 24.9. The van der Waals surface area contributed by atoms with Gasteiger partial charge >= 0.3 is 0 Å². The standard InChI is InChI=1S/C50H97N2O6P/c1-6-8-10-12-14-16-18-20-22-23-24-25-26-27-28-29-30-31-33-35-37-39-41-43-49(53)48(47-58-59(55,56)57-46-45-52(3,4)5)51-50(54)44-42-40-38-36-34-32-21-19-17-15-13-11-9-7-2/h28-29,33,35,41,43,48-49,53H,6-27,30-32,34,36-40,42,44-47H2,1-5H3,(H-,51,54,55,56)/b29-28+,35-33+,43-41+. The number of phosphoric ester groups is 1. The van der Waals surface area contributed by atoms with Gasteiger partial charge in [0, 0.05) is 6.42 Å².